The van der Waals surface area contributed by atoms with Gasteiger partial charge in [-0.05, 0) is 25.8 Å². The number of carbonyl (C=O) groups excluding carboxylic acids is 1. The molecule has 0 saturated carbocycles. The van der Waals surface area contributed by atoms with Crippen molar-refractivity contribution in [2.75, 3.05) is 31.1 Å². The van der Waals surface area contributed by atoms with Gasteiger partial charge in [-0.3, -0.25) is 9.59 Å². The lowest BCUT2D eigenvalue weighted by molar-refractivity contribution is -0.148. The van der Waals surface area contributed by atoms with E-state index >= 15 is 0 Å². The second-order valence-electron chi connectivity index (χ2n) is 5.46. The fraction of sp³-hybridized carbons (Fsp3) is 0.833. The molecule has 2 heterocycles. The summed E-state index contributed by atoms with van der Waals surface area (Å²) in [6, 6.07) is -0.495. The van der Waals surface area contributed by atoms with Crippen molar-refractivity contribution in [3.8, 4) is 0 Å². The van der Waals surface area contributed by atoms with Crippen LogP contribution in [0.5, 0.6) is 0 Å². The second kappa shape index (κ2) is 6.09. The van der Waals surface area contributed by atoms with E-state index in [0.717, 1.165) is 19.4 Å². The van der Waals surface area contributed by atoms with Crippen LogP contribution < -0.4 is 5.32 Å². The third kappa shape index (κ3) is 3.69. The highest BCUT2D eigenvalue weighted by Gasteiger charge is 2.38. The van der Waals surface area contributed by atoms with Gasteiger partial charge < -0.3 is 15.3 Å². The molecule has 0 spiro atoms. The van der Waals surface area contributed by atoms with Crippen LogP contribution in [0.15, 0.2) is 0 Å². The molecule has 0 aromatic carbocycles. The summed E-state index contributed by atoms with van der Waals surface area (Å²) >= 11 is 0. The molecule has 2 fully saturated rings. The fourth-order valence-corrected chi connectivity index (χ4v) is 4.58. The Balaban J connectivity index is 2.10. The van der Waals surface area contributed by atoms with Crippen molar-refractivity contribution in [1.82, 2.24) is 10.2 Å². The first-order chi connectivity index (χ1) is 9.39. The van der Waals surface area contributed by atoms with Gasteiger partial charge in [-0.1, -0.05) is 0 Å². The lowest BCUT2D eigenvalue weighted by atomic mass is 9.97. The number of sulfone groups is 1. The van der Waals surface area contributed by atoms with Gasteiger partial charge in [0, 0.05) is 12.6 Å². The summed E-state index contributed by atoms with van der Waals surface area (Å²) in [5.41, 5.74) is 0. The Morgan fingerprint density at radius 1 is 1.30 bits per heavy atom. The van der Waals surface area contributed by atoms with E-state index in [4.69, 9.17) is 5.11 Å². The van der Waals surface area contributed by atoms with E-state index < -0.39 is 28.4 Å². The first-order valence-corrected chi connectivity index (χ1v) is 8.64. The molecule has 0 radical (unpaired) electrons. The number of nitrogens with zero attached hydrogens (tertiary/aromatic N) is 1. The number of amides is 1. The number of aliphatic carboxylic acids is 1. The molecular weight excluding hydrogens is 284 g/mol. The molecule has 2 rings (SSSR count). The maximum Gasteiger partial charge on any atom is 0.323 e. The third-order valence-electron chi connectivity index (χ3n) is 3.88. The first kappa shape index (κ1) is 15.2. The molecule has 0 aromatic heterocycles. The molecule has 8 heteroatoms. The Morgan fingerprint density at radius 3 is 2.55 bits per heavy atom. The van der Waals surface area contributed by atoms with E-state index in [9.17, 15) is 18.0 Å². The summed E-state index contributed by atoms with van der Waals surface area (Å²) in [7, 11) is -3.14. The number of hydrogen-bond acceptors (Lipinski definition) is 5. The fourth-order valence-electron chi connectivity index (χ4n) is 2.85. The summed E-state index contributed by atoms with van der Waals surface area (Å²) < 4.78 is 23.1. The molecule has 20 heavy (non-hydrogen) atoms. The van der Waals surface area contributed by atoms with E-state index in [2.05, 4.69) is 5.32 Å². The minimum Gasteiger partial charge on any atom is -0.480 e. The SMILES string of the molecule is O=C(O)CN(C(=O)C1CCCNC1)C1CCS(=O)(=O)C1. The van der Waals surface area contributed by atoms with Crippen molar-refractivity contribution in [2.24, 2.45) is 5.92 Å². The molecule has 114 valence electrons. The van der Waals surface area contributed by atoms with Crippen molar-refractivity contribution >= 4 is 21.7 Å². The second-order valence-corrected chi connectivity index (χ2v) is 7.69. The minimum absolute atomic E-state index is 0.0317. The van der Waals surface area contributed by atoms with Crippen molar-refractivity contribution in [3.63, 3.8) is 0 Å². The molecule has 0 aromatic rings. The maximum atomic E-state index is 12.5. The molecule has 2 atom stereocenters. The number of hydrogen-bond donors (Lipinski definition) is 2. The Labute approximate surface area is 118 Å². The number of nitrogens with one attached hydrogen (secondary N) is 1. The van der Waals surface area contributed by atoms with E-state index in [-0.39, 0.29) is 23.3 Å². The normalized spacial score (nSPS) is 29.0. The van der Waals surface area contributed by atoms with Gasteiger partial charge in [0.25, 0.3) is 0 Å². The van der Waals surface area contributed by atoms with Crippen LogP contribution in [0.25, 0.3) is 0 Å². The highest BCUT2D eigenvalue weighted by atomic mass is 32.2. The van der Waals surface area contributed by atoms with Gasteiger partial charge in [0.05, 0.1) is 17.4 Å². The minimum atomic E-state index is -3.14. The van der Waals surface area contributed by atoms with Gasteiger partial charge in [0.15, 0.2) is 9.84 Å². The van der Waals surface area contributed by atoms with Crippen LogP contribution in [0.1, 0.15) is 19.3 Å². The number of carboxylic acid groups (broad SMARTS) is 1. The topological polar surface area (TPSA) is 104 Å². The largest absolute Gasteiger partial charge is 0.480 e. The summed E-state index contributed by atoms with van der Waals surface area (Å²) in [5.74, 6) is -1.67. The Morgan fingerprint density at radius 2 is 2.05 bits per heavy atom. The van der Waals surface area contributed by atoms with Crippen LogP contribution in [0, 0.1) is 5.92 Å². The third-order valence-corrected chi connectivity index (χ3v) is 5.63. The van der Waals surface area contributed by atoms with Gasteiger partial charge in [-0.15, -0.1) is 0 Å². The summed E-state index contributed by atoms with van der Waals surface area (Å²) in [5, 5.41) is 12.1. The molecule has 1 amide bonds. The highest BCUT2D eigenvalue weighted by Crippen LogP contribution is 2.22. The maximum absolute atomic E-state index is 12.5. The van der Waals surface area contributed by atoms with Gasteiger partial charge in [-0.2, -0.15) is 0 Å². The van der Waals surface area contributed by atoms with Crippen LogP contribution in [0.4, 0.5) is 0 Å². The quantitative estimate of drug-likeness (QED) is 0.696. The Kier molecular flexibility index (Phi) is 4.64. The number of piperidine rings is 1. The van der Waals surface area contributed by atoms with E-state index in [1.807, 2.05) is 0 Å². The van der Waals surface area contributed by atoms with Gasteiger partial charge in [0.2, 0.25) is 5.91 Å². The zero-order valence-electron chi connectivity index (χ0n) is 11.2. The standard InChI is InChI=1S/C12H20N2O5S/c15-11(16)7-14(10-3-5-20(18,19)8-10)12(17)9-2-1-4-13-6-9/h9-10,13H,1-8H2,(H,15,16). The van der Waals surface area contributed by atoms with E-state index in [1.54, 1.807) is 0 Å². The lowest BCUT2D eigenvalue weighted by Crippen LogP contribution is -2.49. The molecular formula is C12H20N2O5S. The van der Waals surface area contributed by atoms with Gasteiger partial charge in [0.1, 0.15) is 6.54 Å². The molecule has 2 aliphatic rings. The van der Waals surface area contributed by atoms with Crippen molar-refractivity contribution in [1.29, 1.82) is 0 Å². The molecule has 2 saturated heterocycles. The van der Waals surface area contributed by atoms with Crippen LogP contribution in [0.3, 0.4) is 0 Å². The molecule has 0 aliphatic carbocycles. The van der Waals surface area contributed by atoms with Crippen molar-refractivity contribution in [3.05, 3.63) is 0 Å². The van der Waals surface area contributed by atoms with Crippen LogP contribution >= 0.6 is 0 Å². The van der Waals surface area contributed by atoms with Crippen LogP contribution in [-0.4, -0.2) is 67.5 Å². The zero-order chi connectivity index (χ0) is 14.8. The van der Waals surface area contributed by atoms with E-state index in [1.165, 1.54) is 4.90 Å². The molecule has 0 bridgehead atoms. The average Bonchev–Trinajstić information content (AvgIpc) is 2.76. The smallest absolute Gasteiger partial charge is 0.323 e. The predicted octanol–water partition coefficient (Wildman–Crippen LogP) is -0.914. The average molecular weight is 304 g/mol. The summed E-state index contributed by atoms with van der Waals surface area (Å²) in [6.07, 6.45) is 1.93. The van der Waals surface area contributed by atoms with Gasteiger partial charge in [-0.25, -0.2) is 8.42 Å². The Hall–Kier alpha value is -1.15. The highest BCUT2D eigenvalue weighted by molar-refractivity contribution is 7.91. The molecule has 2 aliphatic heterocycles. The van der Waals surface area contributed by atoms with E-state index in [0.29, 0.717) is 13.0 Å². The summed E-state index contributed by atoms with van der Waals surface area (Å²) in [4.78, 5) is 24.7. The van der Waals surface area contributed by atoms with Crippen molar-refractivity contribution in [2.45, 2.75) is 25.3 Å². The monoisotopic (exact) mass is 304 g/mol. The zero-order valence-corrected chi connectivity index (χ0v) is 12.1. The van der Waals surface area contributed by atoms with Crippen LogP contribution in [0.2, 0.25) is 0 Å². The molecule has 2 unspecified atom stereocenters. The number of carboxylic acids is 1. The number of carbonyl (C=O) groups is 2. The predicted molar refractivity (Wildman–Crippen MR) is 72.0 cm³/mol. The molecule has 7 nitrogen and oxygen atoms in total. The lowest BCUT2D eigenvalue weighted by Gasteiger charge is -2.32. The van der Waals surface area contributed by atoms with Crippen LogP contribution in [-0.2, 0) is 19.4 Å². The Bertz CT molecular complexity index is 484. The number of rotatable bonds is 4. The first-order valence-electron chi connectivity index (χ1n) is 6.82. The van der Waals surface area contributed by atoms with Crippen molar-refractivity contribution < 1.29 is 23.1 Å². The van der Waals surface area contributed by atoms with Gasteiger partial charge >= 0.3 is 5.97 Å². The summed E-state index contributed by atoms with van der Waals surface area (Å²) in [6.45, 7) is 0.977. The molecule has 2 N–H and O–H groups in total.